The van der Waals surface area contributed by atoms with Crippen LogP contribution in [-0.4, -0.2) is 0 Å². The van der Waals surface area contributed by atoms with E-state index >= 15 is 0 Å². The minimum absolute atomic E-state index is 0.101. The molecule has 19 aromatic carbocycles. The number of anilines is 6. The third kappa shape index (κ3) is 10.4. The predicted molar refractivity (Wildman–Crippen MR) is 487 cm³/mol. The highest BCUT2D eigenvalue weighted by molar-refractivity contribution is 6.11. The normalized spacial score (nSPS) is 14.1. The SMILES string of the molecule is CC1(C)c2ccccc2C2(c3ccccc3-c3cc(-c4ccc5c(ccc6cc(N(c7ccccc7)c7ccc(-c8ccccc8)cc7)ccc65)c4)ccc32)c2ccccc21.CC1(C)c2ccccc2C2(c3ccccc3-c3cc(-c4ccc5c(ccc6cc(N(c7ccccc7)c7ccccc7)ccc65)c4)ccc32)c2ccccc21. The molecule has 0 bridgehead atoms. The molecule has 0 saturated carbocycles. The number of fused-ring (bicyclic) bond motifs is 24. The third-order valence-corrected chi connectivity index (χ3v) is 26.2. The molecule has 4 aliphatic rings. The van der Waals surface area contributed by atoms with Gasteiger partial charge in [-0.25, -0.2) is 0 Å². The lowest BCUT2D eigenvalue weighted by Gasteiger charge is -2.46. The van der Waals surface area contributed by atoms with Crippen molar-refractivity contribution in [1.82, 2.24) is 0 Å². The summed E-state index contributed by atoms with van der Waals surface area (Å²) in [6.07, 6.45) is 0. The summed E-state index contributed by atoms with van der Waals surface area (Å²) in [4.78, 5) is 4.68. The number of para-hydroxylation sites is 3. The average molecular weight is 1480 g/mol. The lowest BCUT2D eigenvalue weighted by atomic mass is 9.55. The van der Waals surface area contributed by atoms with Gasteiger partial charge in [-0.2, -0.15) is 0 Å². The minimum Gasteiger partial charge on any atom is -0.310 e. The van der Waals surface area contributed by atoms with Crippen molar-refractivity contribution in [3.8, 4) is 55.6 Å². The molecule has 0 radical (unpaired) electrons. The number of hydrogen-bond acceptors (Lipinski definition) is 2. The Bertz CT molecular complexity index is 7000. The summed E-state index contributed by atoms with van der Waals surface area (Å²) >= 11 is 0. The van der Waals surface area contributed by atoms with Crippen LogP contribution >= 0.6 is 0 Å². The maximum Gasteiger partial charge on any atom is 0.0719 e. The van der Waals surface area contributed by atoms with E-state index in [1.165, 1.54) is 165 Å². The molecule has 4 aliphatic carbocycles. The molecule has 2 nitrogen and oxygen atoms in total. The standard InChI is InChI=1S/C60H43N.C54H39N/c1-59(2)55-21-11-13-23-57(55)60(58-24-14-12-22-56(58)59)53-20-10-9-19-51(53)52-39-43(30-36-54(52)60)42-29-34-49-44(37-42)25-26-45-38-48(33-35-50(45)49)61(46-17-7-4-8-18-46)47-31-27-41(28-32-47)40-15-5-3-6-16-40;1-53(2)49-21-11-13-23-51(49)54(52-24-14-12-22-50(52)53)47-20-10-9-19-45(47)46-35-37(28-32-48(46)54)36-27-30-43-38(33-36)25-26-39-34-42(29-31-44(39)43)55(40-15-5-3-6-16-40)41-17-7-4-8-18-41/h3-39H,1-2H3;3-35H,1-2H3. The zero-order valence-corrected chi connectivity index (χ0v) is 65.3. The van der Waals surface area contributed by atoms with Gasteiger partial charge in [0, 0.05) is 45.0 Å². The van der Waals surface area contributed by atoms with E-state index in [9.17, 15) is 0 Å². The Morgan fingerprint density at radius 3 is 0.759 bits per heavy atom. The van der Waals surface area contributed by atoms with Crippen LogP contribution in [0.1, 0.15) is 94.5 Å². The first kappa shape index (κ1) is 68.6. The Balaban J connectivity index is 0.000000141. The number of benzene rings is 19. The van der Waals surface area contributed by atoms with Crippen LogP contribution < -0.4 is 9.80 Å². The van der Waals surface area contributed by atoms with Gasteiger partial charge in [0.15, 0.2) is 0 Å². The molecule has 2 heteroatoms. The fraction of sp³-hybridized carbons (Fsp3) is 0.0702. The molecule has 0 amide bonds. The number of hydrogen-bond donors (Lipinski definition) is 0. The molecule has 0 heterocycles. The second kappa shape index (κ2) is 26.7. The van der Waals surface area contributed by atoms with Gasteiger partial charge in [0.2, 0.25) is 0 Å². The van der Waals surface area contributed by atoms with Crippen molar-refractivity contribution in [2.45, 2.75) is 49.4 Å². The summed E-state index contributed by atoms with van der Waals surface area (Å²) in [6, 6.07) is 158. The van der Waals surface area contributed by atoms with Crippen molar-refractivity contribution in [3.63, 3.8) is 0 Å². The molecular formula is C114H82N2. The van der Waals surface area contributed by atoms with E-state index in [2.05, 4.69) is 462 Å². The molecular weight excluding hydrogens is 1400 g/mol. The van der Waals surface area contributed by atoms with Crippen LogP contribution in [0.25, 0.3) is 98.7 Å². The summed E-state index contributed by atoms with van der Waals surface area (Å²) < 4.78 is 0. The van der Waals surface area contributed by atoms with E-state index in [4.69, 9.17) is 0 Å². The summed E-state index contributed by atoms with van der Waals surface area (Å²) in [6.45, 7) is 9.54. The smallest absolute Gasteiger partial charge is 0.0719 e. The Labute approximate surface area is 678 Å². The van der Waals surface area contributed by atoms with E-state index in [1.54, 1.807) is 0 Å². The van der Waals surface area contributed by atoms with Gasteiger partial charge in [0.05, 0.1) is 10.8 Å². The van der Waals surface area contributed by atoms with E-state index in [1.807, 2.05) is 0 Å². The zero-order chi connectivity index (χ0) is 77.4. The van der Waals surface area contributed by atoms with Gasteiger partial charge >= 0.3 is 0 Å². The summed E-state index contributed by atoms with van der Waals surface area (Å²) in [5.74, 6) is 0. The van der Waals surface area contributed by atoms with Crippen molar-refractivity contribution in [2.24, 2.45) is 0 Å². The van der Waals surface area contributed by atoms with Crippen LogP contribution in [-0.2, 0) is 21.7 Å². The fourth-order valence-electron chi connectivity index (χ4n) is 20.9. The second-order valence-corrected chi connectivity index (χ2v) is 32.9. The average Bonchev–Trinajstić information content (AvgIpc) is 1.57. The van der Waals surface area contributed by atoms with Crippen molar-refractivity contribution < 1.29 is 0 Å². The van der Waals surface area contributed by atoms with Gasteiger partial charge in [-0.05, 0) is 263 Å². The molecule has 548 valence electrons. The van der Waals surface area contributed by atoms with Gasteiger partial charge in [-0.15, -0.1) is 0 Å². The minimum atomic E-state index is -0.379. The van der Waals surface area contributed by atoms with E-state index in [-0.39, 0.29) is 21.7 Å². The molecule has 116 heavy (non-hydrogen) atoms. The first-order valence-corrected chi connectivity index (χ1v) is 40.8. The second-order valence-electron chi connectivity index (χ2n) is 32.9. The van der Waals surface area contributed by atoms with Crippen LogP contribution in [0.5, 0.6) is 0 Å². The van der Waals surface area contributed by atoms with Gasteiger partial charge in [0.25, 0.3) is 0 Å². The first-order valence-electron chi connectivity index (χ1n) is 40.8. The molecule has 0 atom stereocenters. The lowest BCUT2D eigenvalue weighted by Crippen LogP contribution is -2.40. The van der Waals surface area contributed by atoms with Crippen molar-refractivity contribution in [3.05, 3.63) is 491 Å². The molecule has 0 aromatic heterocycles. The zero-order valence-electron chi connectivity index (χ0n) is 65.3. The van der Waals surface area contributed by atoms with Crippen LogP contribution in [0.4, 0.5) is 34.1 Å². The van der Waals surface area contributed by atoms with Crippen molar-refractivity contribution in [1.29, 1.82) is 0 Å². The molecule has 19 aromatic rings. The van der Waals surface area contributed by atoms with E-state index < -0.39 is 0 Å². The van der Waals surface area contributed by atoms with Crippen molar-refractivity contribution >= 4 is 77.2 Å². The lowest BCUT2D eigenvalue weighted by molar-refractivity contribution is 0.563. The molecule has 23 rings (SSSR count). The van der Waals surface area contributed by atoms with Crippen LogP contribution in [0.2, 0.25) is 0 Å². The van der Waals surface area contributed by atoms with Crippen molar-refractivity contribution in [2.75, 3.05) is 9.80 Å². The van der Waals surface area contributed by atoms with Crippen LogP contribution in [0.15, 0.2) is 425 Å². The highest BCUT2D eigenvalue weighted by Crippen LogP contribution is 2.65. The largest absolute Gasteiger partial charge is 0.310 e. The maximum absolute atomic E-state index is 2.45. The Kier molecular flexibility index (Phi) is 15.8. The van der Waals surface area contributed by atoms with Gasteiger partial charge in [-0.1, -0.05) is 355 Å². The topological polar surface area (TPSA) is 6.48 Å². The summed E-state index contributed by atoms with van der Waals surface area (Å²) in [5, 5.41) is 9.97. The van der Waals surface area contributed by atoms with Gasteiger partial charge in [0.1, 0.15) is 0 Å². The highest BCUT2D eigenvalue weighted by atomic mass is 15.1. The summed E-state index contributed by atoms with van der Waals surface area (Å²) in [5.41, 5.74) is 35.2. The van der Waals surface area contributed by atoms with E-state index in [0.29, 0.717) is 0 Å². The maximum atomic E-state index is 2.45. The Morgan fingerprint density at radius 1 is 0.155 bits per heavy atom. The summed E-state index contributed by atoms with van der Waals surface area (Å²) in [7, 11) is 0. The molecule has 0 saturated heterocycles. The number of nitrogens with zero attached hydrogens (tertiary/aromatic N) is 2. The van der Waals surface area contributed by atoms with E-state index in [0.717, 1.165) is 34.1 Å². The fourth-order valence-corrected chi connectivity index (χ4v) is 20.9. The number of rotatable bonds is 9. The molecule has 0 unspecified atom stereocenters. The van der Waals surface area contributed by atoms with Gasteiger partial charge in [-0.3, -0.25) is 0 Å². The molecule has 0 fully saturated rings. The molecule has 0 aliphatic heterocycles. The van der Waals surface area contributed by atoms with Crippen LogP contribution in [0.3, 0.4) is 0 Å². The predicted octanol–water partition coefficient (Wildman–Crippen LogP) is 29.9. The monoisotopic (exact) mass is 1480 g/mol. The molecule has 2 spiro atoms. The quantitative estimate of drug-likeness (QED) is 0.133. The first-order chi connectivity index (χ1) is 57.0. The highest BCUT2D eigenvalue weighted by Gasteiger charge is 2.55. The van der Waals surface area contributed by atoms with Crippen LogP contribution in [0, 0.1) is 0 Å². The Hall–Kier alpha value is -14.2. The Morgan fingerprint density at radius 2 is 0.397 bits per heavy atom. The molecule has 0 N–H and O–H groups in total. The third-order valence-electron chi connectivity index (χ3n) is 26.2. The van der Waals surface area contributed by atoms with Gasteiger partial charge < -0.3 is 9.80 Å².